The van der Waals surface area contributed by atoms with Crippen molar-refractivity contribution < 1.29 is 40.1 Å². The minimum absolute atomic E-state index is 0.0416. The molecule has 2 aromatic carbocycles. The molecule has 0 spiro atoms. The molecule has 152 valence electrons. The van der Waals surface area contributed by atoms with Gasteiger partial charge in [-0.3, -0.25) is 0 Å². The molecule has 5 nitrogen and oxygen atoms in total. The van der Waals surface area contributed by atoms with Crippen LogP contribution in [0.3, 0.4) is 0 Å². The van der Waals surface area contributed by atoms with E-state index >= 15 is 0 Å². The van der Waals surface area contributed by atoms with E-state index in [1.165, 1.54) is 0 Å². The molecule has 0 heterocycles. The number of halogens is 9. The summed E-state index contributed by atoms with van der Waals surface area (Å²) >= 11 is 15.5. The molecular formula is C13Br5F4O5S-. The van der Waals surface area contributed by atoms with Gasteiger partial charge >= 0.3 is 5.97 Å². The number of ether oxygens (including phenoxy) is 1. The normalized spacial score (nSPS) is 11.6. The van der Waals surface area contributed by atoms with E-state index in [1.54, 1.807) is 0 Å². The summed E-state index contributed by atoms with van der Waals surface area (Å²) in [7, 11) is -5.89. The predicted molar refractivity (Wildman–Crippen MR) is 104 cm³/mol. The lowest BCUT2D eigenvalue weighted by atomic mass is 10.2. The van der Waals surface area contributed by atoms with Crippen LogP contribution in [0, 0.1) is 23.3 Å². The van der Waals surface area contributed by atoms with Gasteiger partial charge in [-0.15, -0.1) is 0 Å². The van der Waals surface area contributed by atoms with Crippen LogP contribution >= 0.6 is 79.6 Å². The van der Waals surface area contributed by atoms with Gasteiger partial charge in [-0.25, -0.2) is 22.0 Å². The molecule has 0 N–H and O–H groups in total. The lowest BCUT2D eigenvalue weighted by Gasteiger charge is -2.16. The monoisotopic (exact) mass is 739 g/mol. The molecule has 0 saturated carbocycles. The van der Waals surface area contributed by atoms with Gasteiger partial charge in [0.2, 0.25) is 17.4 Å². The van der Waals surface area contributed by atoms with Crippen molar-refractivity contribution in [2.45, 2.75) is 4.90 Å². The smallest absolute Gasteiger partial charge is 0.346 e. The summed E-state index contributed by atoms with van der Waals surface area (Å²) in [5.41, 5.74) is -0.345. The van der Waals surface area contributed by atoms with E-state index in [0.29, 0.717) is 4.47 Å². The lowest BCUT2D eigenvalue weighted by molar-refractivity contribution is 0.0714. The third-order valence-corrected chi connectivity index (χ3v) is 9.99. The molecule has 0 amide bonds. The van der Waals surface area contributed by atoms with Gasteiger partial charge in [0.15, 0.2) is 11.6 Å². The SMILES string of the molecule is O=C(Oc1c(F)c(F)c(S(=O)(=O)[O-])c(F)c1F)c1c(Br)c(Br)c(Br)c(Br)c1Br. The van der Waals surface area contributed by atoms with Crippen LogP contribution in [0.1, 0.15) is 10.4 Å². The number of esters is 1. The van der Waals surface area contributed by atoms with E-state index in [0.717, 1.165) is 0 Å². The number of hydrogen-bond acceptors (Lipinski definition) is 5. The maximum atomic E-state index is 14.0. The fourth-order valence-corrected chi connectivity index (χ4v) is 5.82. The highest BCUT2D eigenvalue weighted by Gasteiger charge is 2.33. The molecular weight excluding hydrogens is 744 g/mol. The van der Waals surface area contributed by atoms with Crippen LogP contribution in [0.2, 0.25) is 0 Å². The molecule has 2 rings (SSSR count). The second-order valence-electron chi connectivity index (χ2n) is 4.70. The highest BCUT2D eigenvalue weighted by atomic mass is 79.9. The quantitative estimate of drug-likeness (QED) is 0.0938. The van der Waals surface area contributed by atoms with Crippen molar-refractivity contribution in [1.82, 2.24) is 0 Å². The van der Waals surface area contributed by atoms with Gasteiger partial charge in [0.05, 0.1) is 5.56 Å². The van der Waals surface area contributed by atoms with Gasteiger partial charge < -0.3 is 9.29 Å². The van der Waals surface area contributed by atoms with Crippen molar-refractivity contribution in [1.29, 1.82) is 0 Å². The molecule has 28 heavy (non-hydrogen) atoms. The fraction of sp³-hybridized carbons (Fsp3) is 0. The molecule has 0 unspecified atom stereocenters. The zero-order valence-electron chi connectivity index (χ0n) is 12.4. The zero-order chi connectivity index (χ0) is 21.7. The summed E-state index contributed by atoms with van der Waals surface area (Å²) in [6, 6.07) is 0. The highest BCUT2D eigenvalue weighted by molar-refractivity contribution is 9.15. The molecule has 0 aliphatic rings. The Labute approximate surface area is 196 Å². The molecule has 0 radical (unpaired) electrons. The molecule has 0 saturated heterocycles. The first-order chi connectivity index (χ1) is 12.7. The van der Waals surface area contributed by atoms with Crippen LogP contribution in [-0.2, 0) is 10.1 Å². The zero-order valence-corrected chi connectivity index (χ0v) is 21.1. The second-order valence-corrected chi connectivity index (χ2v) is 9.98. The maximum Gasteiger partial charge on any atom is 0.346 e. The summed E-state index contributed by atoms with van der Waals surface area (Å²) < 4.78 is 93.6. The van der Waals surface area contributed by atoms with E-state index in [2.05, 4.69) is 84.4 Å². The first kappa shape index (κ1) is 24.2. The summed E-state index contributed by atoms with van der Waals surface area (Å²) in [6.45, 7) is 0. The van der Waals surface area contributed by atoms with Crippen molar-refractivity contribution in [3.05, 3.63) is 51.2 Å². The Bertz CT molecular complexity index is 1080. The summed E-state index contributed by atoms with van der Waals surface area (Å²) in [5, 5.41) is 0. The van der Waals surface area contributed by atoms with E-state index in [4.69, 9.17) is 0 Å². The number of carbonyl (C=O) groups excluding carboxylic acids is 1. The molecule has 15 heteroatoms. The first-order valence-electron chi connectivity index (χ1n) is 6.27. The number of rotatable bonds is 3. The van der Waals surface area contributed by atoms with E-state index < -0.39 is 50.0 Å². The van der Waals surface area contributed by atoms with E-state index in [9.17, 15) is 35.3 Å². The number of benzene rings is 2. The summed E-state index contributed by atoms with van der Waals surface area (Å²) in [4.78, 5) is 10.0. The molecule has 0 bridgehead atoms. The number of carbonyl (C=O) groups is 1. The highest BCUT2D eigenvalue weighted by Crippen LogP contribution is 2.45. The van der Waals surface area contributed by atoms with Gasteiger partial charge in [-0.2, -0.15) is 8.78 Å². The van der Waals surface area contributed by atoms with Crippen LogP contribution in [-0.4, -0.2) is 18.9 Å². The maximum absolute atomic E-state index is 14.0. The Morgan fingerprint density at radius 2 is 1.11 bits per heavy atom. The molecule has 2 aromatic rings. The third kappa shape index (κ3) is 4.21. The predicted octanol–water partition coefficient (Wildman–Crippen LogP) is 6.18. The summed E-state index contributed by atoms with van der Waals surface area (Å²) in [5.74, 6) is -13.1. The standard InChI is InChI=1S/C13HBr5F4O5S/c14-2-1(3(15)5(17)6(18)4(2)16)13(23)27-11-7(19)9(21)12(28(24,25)26)10(22)8(11)20/h(H,24,25,26)/p-1. The Balaban J connectivity index is 2.68. The Hall–Kier alpha value is -0.0600. The molecule has 0 aliphatic heterocycles. The van der Waals surface area contributed by atoms with Crippen LogP contribution < -0.4 is 4.74 Å². The van der Waals surface area contributed by atoms with E-state index in [-0.39, 0.29) is 23.5 Å². The average Bonchev–Trinajstić information content (AvgIpc) is 2.59. The molecule has 0 atom stereocenters. The Morgan fingerprint density at radius 1 is 0.750 bits per heavy atom. The van der Waals surface area contributed by atoms with Crippen LogP contribution in [0.4, 0.5) is 17.6 Å². The minimum Gasteiger partial charge on any atom is -0.744 e. The van der Waals surface area contributed by atoms with Gasteiger partial charge in [0, 0.05) is 22.4 Å². The van der Waals surface area contributed by atoms with Crippen LogP contribution in [0.25, 0.3) is 0 Å². The summed E-state index contributed by atoms with van der Waals surface area (Å²) in [6.07, 6.45) is 0. The molecule has 0 fully saturated rings. The molecule has 0 aliphatic carbocycles. The van der Waals surface area contributed by atoms with Gasteiger partial charge in [0.1, 0.15) is 15.0 Å². The van der Waals surface area contributed by atoms with Crippen LogP contribution in [0.5, 0.6) is 5.75 Å². The second kappa shape index (κ2) is 8.59. The Morgan fingerprint density at radius 3 is 1.46 bits per heavy atom. The third-order valence-electron chi connectivity index (χ3n) is 3.04. The van der Waals surface area contributed by atoms with Crippen molar-refractivity contribution in [2.24, 2.45) is 0 Å². The fourth-order valence-electron chi connectivity index (χ4n) is 1.83. The van der Waals surface area contributed by atoms with Gasteiger partial charge in [0.25, 0.3) is 0 Å². The molecule has 0 aromatic heterocycles. The van der Waals surface area contributed by atoms with Gasteiger partial charge in [-0.05, 0) is 79.6 Å². The van der Waals surface area contributed by atoms with Gasteiger partial charge in [-0.1, -0.05) is 0 Å². The number of hydrogen-bond donors (Lipinski definition) is 0. The largest absolute Gasteiger partial charge is 0.744 e. The average molecular weight is 744 g/mol. The minimum atomic E-state index is -5.89. The first-order valence-corrected chi connectivity index (χ1v) is 11.6. The van der Waals surface area contributed by atoms with Crippen molar-refractivity contribution in [3.8, 4) is 5.75 Å². The van der Waals surface area contributed by atoms with Crippen molar-refractivity contribution in [3.63, 3.8) is 0 Å². The topological polar surface area (TPSA) is 83.5 Å². The van der Waals surface area contributed by atoms with Crippen molar-refractivity contribution >= 4 is 95.7 Å². The van der Waals surface area contributed by atoms with E-state index in [1.807, 2.05) is 0 Å². The van der Waals surface area contributed by atoms with Crippen molar-refractivity contribution in [2.75, 3.05) is 0 Å². The Kier molecular flexibility index (Phi) is 7.43. The lowest BCUT2D eigenvalue weighted by Crippen LogP contribution is -2.17. The van der Waals surface area contributed by atoms with Crippen LogP contribution in [0.15, 0.2) is 27.3 Å².